The minimum absolute atomic E-state index is 0.298. The van der Waals surface area contributed by atoms with Gasteiger partial charge < -0.3 is 15.8 Å². The van der Waals surface area contributed by atoms with Crippen LogP contribution >= 0.6 is 0 Å². The van der Waals surface area contributed by atoms with Gasteiger partial charge in [-0.2, -0.15) is 0 Å². The average Bonchev–Trinajstić information content (AvgIpc) is 2.68. The molecule has 88 valence electrons. The van der Waals surface area contributed by atoms with Crippen molar-refractivity contribution in [2.24, 2.45) is 5.73 Å². The monoisotopic (exact) mass is 220 g/mol. The van der Waals surface area contributed by atoms with Crippen LogP contribution in [0.2, 0.25) is 0 Å². The number of benzene rings is 1. The first-order chi connectivity index (χ1) is 7.79. The molecule has 1 aliphatic rings. The third-order valence-corrected chi connectivity index (χ3v) is 3.09. The van der Waals surface area contributed by atoms with Crippen molar-refractivity contribution in [2.75, 3.05) is 11.9 Å². The number of ether oxygens (including phenoxy) is 1. The highest BCUT2D eigenvalue weighted by Crippen LogP contribution is 2.23. The summed E-state index contributed by atoms with van der Waals surface area (Å²) in [6.45, 7) is 2.70. The zero-order valence-electron chi connectivity index (χ0n) is 9.78. The van der Waals surface area contributed by atoms with Crippen molar-refractivity contribution in [2.45, 2.75) is 38.3 Å². The first-order valence-corrected chi connectivity index (χ1v) is 6.04. The Hall–Kier alpha value is -1.22. The van der Waals surface area contributed by atoms with Gasteiger partial charge in [-0.25, -0.2) is 0 Å². The number of nitrogens with two attached hydrogens (primary N) is 1. The van der Waals surface area contributed by atoms with Gasteiger partial charge in [-0.3, -0.25) is 0 Å². The van der Waals surface area contributed by atoms with Crippen molar-refractivity contribution in [3.8, 4) is 5.75 Å². The molecule has 0 bridgehead atoms. The van der Waals surface area contributed by atoms with E-state index >= 15 is 0 Å². The molecule has 3 nitrogen and oxygen atoms in total. The molecule has 0 spiro atoms. The Labute approximate surface area is 97.0 Å². The van der Waals surface area contributed by atoms with Crippen LogP contribution in [-0.2, 0) is 0 Å². The summed E-state index contributed by atoms with van der Waals surface area (Å²) in [7, 11) is 0. The molecule has 2 atom stereocenters. The Morgan fingerprint density at radius 3 is 2.62 bits per heavy atom. The maximum Gasteiger partial charge on any atom is 0.119 e. The van der Waals surface area contributed by atoms with E-state index < -0.39 is 0 Å². The van der Waals surface area contributed by atoms with Crippen LogP contribution in [0.1, 0.15) is 26.2 Å². The molecular formula is C13H20N2O. The molecular weight excluding hydrogens is 200 g/mol. The van der Waals surface area contributed by atoms with Crippen LogP contribution in [0.3, 0.4) is 0 Å². The standard InChI is InChI=1S/C13H20N2O/c1-2-16-11-8-6-10(7-9-11)15-13-5-3-4-12(13)14/h6-9,12-13,15H,2-5,14H2,1H3. The lowest BCUT2D eigenvalue weighted by molar-refractivity contribution is 0.340. The molecule has 16 heavy (non-hydrogen) atoms. The van der Waals surface area contributed by atoms with Crippen LogP contribution in [0.15, 0.2) is 24.3 Å². The van der Waals surface area contributed by atoms with Gasteiger partial charge in [-0.05, 0) is 50.5 Å². The van der Waals surface area contributed by atoms with Gasteiger partial charge in [0.05, 0.1) is 6.61 Å². The fourth-order valence-corrected chi connectivity index (χ4v) is 2.20. The lowest BCUT2D eigenvalue weighted by Gasteiger charge is -2.18. The number of hydrogen-bond acceptors (Lipinski definition) is 3. The second kappa shape index (κ2) is 5.21. The van der Waals surface area contributed by atoms with E-state index in [1.165, 1.54) is 12.8 Å². The summed E-state index contributed by atoms with van der Waals surface area (Å²) < 4.78 is 5.40. The van der Waals surface area contributed by atoms with Crippen LogP contribution in [0.4, 0.5) is 5.69 Å². The SMILES string of the molecule is CCOc1ccc(NC2CCCC2N)cc1. The quantitative estimate of drug-likeness (QED) is 0.819. The summed E-state index contributed by atoms with van der Waals surface area (Å²) in [6.07, 6.45) is 3.54. The van der Waals surface area contributed by atoms with E-state index in [0.29, 0.717) is 18.7 Å². The van der Waals surface area contributed by atoms with Crippen molar-refractivity contribution in [1.82, 2.24) is 0 Å². The van der Waals surface area contributed by atoms with Gasteiger partial charge in [0, 0.05) is 17.8 Å². The number of rotatable bonds is 4. The lowest BCUT2D eigenvalue weighted by Crippen LogP contribution is -2.35. The van der Waals surface area contributed by atoms with Crippen LogP contribution in [0.5, 0.6) is 5.75 Å². The molecule has 3 heteroatoms. The highest BCUT2D eigenvalue weighted by molar-refractivity contribution is 5.47. The average molecular weight is 220 g/mol. The molecule has 1 aromatic carbocycles. The molecule has 1 aromatic rings. The predicted molar refractivity (Wildman–Crippen MR) is 66.8 cm³/mol. The maximum absolute atomic E-state index is 6.02. The largest absolute Gasteiger partial charge is 0.494 e. The Morgan fingerprint density at radius 1 is 1.31 bits per heavy atom. The van der Waals surface area contributed by atoms with Gasteiger partial charge in [0.2, 0.25) is 0 Å². The van der Waals surface area contributed by atoms with Crippen molar-refractivity contribution >= 4 is 5.69 Å². The van der Waals surface area contributed by atoms with Crippen molar-refractivity contribution in [1.29, 1.82) is 0 Å². The highest BCUT2D eigenvalue weighted by atomic mass is 16.5. The summed E-state index contributed by atoms with van der Waals surface area (Å²) in [6, 6.07) is 8.81. The summed E-state index contributed by atoms with van der Waals surface area (Å²) in [4.78, 5) is 0. The van der Waals surface area contributed by atoms with Crippen LogP contribution in [-0.4, -0.2) is 18.7 Å². The summed E-state index contributed by atoms with van der Waals surface area (Å²) >= 11 is 0. The smallest absolute Gasteiger partial charge is 0.119 e. The summed E-state index contributed by atoms with van der Waals surface area (Å²) in [5.41, 5.74) is 7.15. The minimum atomic E-state index is 0.298. The predicted octanol–water partition coefficient (Wildman–Crippen LogP) is 2.38. The summed E-state index contributed by atoms with van der Waals surface area (Å²) in [5.74, 6) is 0.920. The lowest BCUT2D eigenvalue weighted by atomic mass is 10.1. The Balaban J connectivity index is 1.94. The molecule has 1 aliphatic carbocycles. The Bertz CT molecular complexity index is 323. The molecule has 0 heterocycles. The van der Waals surface area contributed by atoms with E-state index in [9.17, 15) is 0 Å². The molecule has 1 fully saturated rings. The first kappa shape index (κ1) is 11.3. The maximum atomic E-state index is 6.02. The fraction of sp³-hybridized carbons (Fsp3) is 0.538. The van der Waals surface area contributed by atoms with Crippen molar-refractivity contribution < 1.29 is 4.74 Å². The fourth-order valence-electron chi connectivity index (χ4n) is 2.20. The molecule has 3 N–H and O–H groups in total. The zero-order chi connectivity index (χ0) is 11.4. The molecule has 2 unspecified atom stereocenters. The number of nitrogens with one attached hydrogen (secondary N) is 1. The van der Waals surface area contributed by atoms with E-state index in [0.717, 1.165) is 17.9 Å². The third kappa shape index (κ3) is 2.67. The van der Waals surface area contributed by atoms with Crippen molar-refractivity contribution in [3.63, 3.8) is 0 Å². The zero-order valence-corrected chi connectivity index (χ0v) is 9.78. The molecule has 2 rings (SSSR count). The van der Waals surface area contributed by atoms with Gasteiger partial charge in [0.25, 0.3) is 0 Å². The topological polar surface area (TPSA) is 47.3 Å². The van der Waals surface area contributed by atoms with Crippen LogP contribution < -0.4 is 15.8 Å². The van der Waals surface area contributed by atoms with E-state index in [2.05, 4.69) is 17.4 Å². The Kier molecular flexibility index (Phi) is 3.67. The van der Waals surface area contributed by atoms with Gasteiger partial charge >= 0.3 is 0 Å². The molecule has 1 saturated carbocycles. The first-order valence-electron chi connectivity index (χ1n) is 6.04. The van der Waals surface area contributed by atoms with Crippen molar-refractivity contribution in [3.05, 3.63) is 24.3 Å². The van der Waals surface area contributed by atoms with Gasteiger partial charge in [0.15, 0.2) is 0 Å². The molecule has 0 saturated heterocycles. The van der Waals surface area contributed by atoms with Gasteiger partial charge in [-0.15, -0.1) is 0 Å². The second-order valence-corrected chi connectivity index (χ2v) is 4.30. The van der Waals surface area contributed by atoms with E-state index in [-0.39, 0.29) is 0 Å². The van der Waals surface area contributed by atoms with E-state index in [1.54, 1.807) is 0 Å². The highest BCUT2D eigenvalue weighted by Gasteiger charge is 2.23. The third-order valence-electron chi connectivity index (χ3n) is 3.09. The molecule has 0 aliphatic heterocycles. The molecule has 0 amide bonds. The normalized spacial score (nSPS) is 24.4. The molecule has 0 radical (unpaired) electrons. The number of anilines is 1. The molecule has 0 aromatic heterocycles. The second-order valence-electron chi connectivity index (χ2n) is 4.30. The Morgan fingerprint density at radius 2 is 2.06 bits per heavy atom. The van der Waals surface area contributed by atoms with Gasteiger partial charge in [0.1, 0.15) is 5.75 Å². The number of hydrogen-bond donors (Lipinski definition) is 2. The van der Waals surface area contributed by atoms with E-state index in [1.807, 2.05) is 19.1 Å². The van der Waals surface area contributed by atoms with Gasteiger partial charge in [-0.1, -0.05) is 0 Å². The van der Waals surface area contributed by atoms with E-state index in [4.69, 9.17) is 10.5 Å². The van der Waals surface area contributed by atoms with Crippen LogP contribution in [0.25, 0.3) is 0 Å². The van der Waals surface area contributed by atoms with Crippen LogP contribution in [0, 0.1) is 0 Å². The summed E-state index contributed by atoms with van der Waals surface area (Å²) in [5, 5.41) is 3.48. The minimum Gasteiger partial charge on any atom is -0.494 e.